The van der Waals surface area contributed by atoms with Crippen LogP contribution in [-0.2, 0) is 11.8 Å². The van der Waals surface area contributed by atoms with Crippen molar-refractivity contribution >= 4 is 43.6 Å². The topological polar surface area (TPSA) is 9.86 Å². The zero-order valence-corrected chi connectivity index (χ0v) is 33.6. The van der Waals surface area contributed by atoms with Crippen LogP contribution in [0.1, 0.15) is 88.0 Å². The first-order valence-electron chi connectivity index (χ1n) is 21.3. The highest BCUT2D eigenvalue weighted by molar-refractivity contribution is 6.14. The zero-order valence-electron chi connectivity index (χ0n) is 33.6. The van der Waals surface area contributed by atoms with Gasteiger partial charge in [0.05, 0.1) is 22.1 Å². The summed E-state index contributed by atoms with van der Waals surface area (Å²) in [4.78, 5) is 0. The third-order valence-electron chi connectivity index (χ3n) is 13.9. The lowest BCUT2D eigenvalue weighted by molar-refractivity contribution is 0.401. The molecule has 0 bridgehead atoms. The SMILES string of the molecule is CCCC1CCCC(C)c2cc(-n3c4ccccc4c4cc(-c5ccc6c(c5)c5cc7c(cc5n6-c5ccccc5)C(C)(C)c5ccccc5-7)ccc43)ccc2C1. The molecule has 2 heteroatoms. The van der Waals surface area contributed by atoms with Gasteiger partial charge in [0.2, 0.25) is 0 Å². The average molecular weight is 739 g/mol. The van der Waals surface area contributed by atoms with Crippen LogP contribution in [0.4, 0.5) is 0 Å². The molecule has 57 heavy (non-hydrogen) atoms. The van der Waals surface area contributed by atoms with Crippen molar-refractivity contribution in [2.45, 2.75) is 77.6 Å². The Morgan fingerprint density at radius 1 is 0.544 bits per heavy atom. The predicted molar refractivity (Wildman–Crippen MR) is 242 cm³/mol. The molecule has 11 rings (SSSR count). The van der Waals surface area contributed by atoms with Gasteiger partial charge in [-0.25, -0.2) is 0 Å². The van der Waals surface area contributed by atoms with E-state index >= 15 is 0 Å². The Bertz CT molecular complexity index is 3030. The van der Waals surface area contributed by atoms with Gasteiger partial charge in [-0.2, -0.15) is 0 Å². The maximum Gasteiger partial charge on any atom is 0.0544 e. The Hall–Kier alpha value is -5.86. The Morgan fingerprint density at radius 2 is 1.21 bits per heavy atom. The summed E-state index contributed by atoms with van der Waals surface area (Å²) in [5, 5.41) is 5.19. The normalized spacial score (nSPS) is 17.5. The molecule has 9 aromatic rings. The number of aromatic nitrogens is 2. The van der Waals surface area contributed by atoms with Crippen molar-refractivity contribution in [3.63, 3.8) is 0 Å². The van der Waals surface area contributed by atoms with Crippen molar-refractivity contribution in [3.8, 4) is 33.6 Å². The van der Waals surface area contributed by atoms with Crippen LogP contribution in [0.5, 0.6) is 0 Å². The second-order valence-electron chi connectivity index (χ2n) is 17.6. The molecule has 0 radical (unpaired) electrons. The molecule has 2 nitrogen and oxygen atoms in total. The monoisotopic (exact) mass is 738 g/mol. The van der Waals surface area contributed by atoms with Gasteiger partial charge in [0, 0.05) is 38.3 Å². The van der Waals surface area contributed by atoms with Gasteiger partial charge in [0.15, 0.2) is 0 Å². The summed E-state index contributed by atoms with van der Waals surface area (Å²) < 4.78 is 4.98. The summed E-state index contributed by atoms with van der Waals surface area (Å²) in [6, 6.07) is 55.5. The smallest absolute Gasteiger partial charge is 0.0544 e. The lowest BCUT2D eigenvalue weighted by Gasteiger charge is -2.26. The maximum absolute atomic E-state index is 2.53. The van der Waals surface area contributed by atoms with Crippen LogP contribution in [0, 0.1) is 5.92 Å². The minimum atomic E-state index is -0.0639. The van der Waals surface area contributed by atoms with E-state index in [1.807, 2.05) is 0 Å². The first-order valence-corrected chi connectivity index (χ1v) is 21.3. The molecule has 0 spiro atoms. The van der Waals surface area contributed by atoms with Crippen LogP contribution >= 0.6 is 0 Å². The van der Waals surface area contributed by atoms with E-state index in [1.165, 1.54) is 127 Å². The van der Waals surface area contributed by atoms with Crippen LogP contribution < -0.4 is 0 Å². The van der Waals surface area contributed by atoms with Gasteiger partial charge < -0.3 is 9.13 Å². The molecule has 2 atom stereocenters. The summed E-state index contributed by atoms with van der Waals surface area (Å²) in [6.07, 6.45) is 7.80. The lowest BCUT2D eigenvalue weighted by atomic mass is 9.80. The molecule has 0 N–H and O–H groups in total. The minimum absolute atomic E-state index is 0.0639. The van der Waals surface area contributed by atoms with Gasteiger partial charge in [0.1, 0.15) is 0 Å². The molecule has 0 amide bonds. The standard InChI is InChI=1S/C55H50N2/c1-5-14-36-16-13-15-35(2)44-32-41(26-23-39(44)29-36)57-51-22-12-10-20-43(51)46-30-37(24-27-52(46)57)38-25-28-53-47(31-38)48-33-45-42-19-9-11-21-49(42)55(3,4)50(45)34-54(48)56(53)40-17-7-6-8-18-40/h6-12,17-28,30-36H,5,13-16,29H2,1-4H3. The molecule has 0 fully saturated rings. The molecule has 0 saturated heterocycles. The van der Waals surface area contributed by atoms with Crippen molar-refractivity contribution in [3.05, 3.63) is 168 Å². The van der Waals surface area contributed by atoms with Crippen molar-refractivity contribution in [2.24, 2.45) is 5.92 Å². The Balaban J connectivity index is 1.08. The summed E-state index contributed by atoms with van der Waals surface area (Å²) in [6.45, 7) is 9.54. The fourth-order valence-electron chi connectivity index (χ4n) is 11.0. The van der Waals surface area contributed by atoms with Gasteiger partial charge >= 0.3 is 0 Å². The van der Waals surface area contributed by atoms with Crippen LogP contribution in [0.25, 0.3) is 77.2 Å². The average Bonchev–Trinajstić information content (AvgIpc) is 3.82. The molecule has 0 aliphatic heterocycles. The summed E-state index contributed by atoms with van der Waals surface area (Å²) in [5.74, 6) is 1.38. The minimum Gasteiger partial charge on any atom is -0.309 e. The maximum atomic E-state index is 2.53. The van der Waals surface area contributed by atoms with Crippen molar-refractivity contribution < 1.29 is 0 Å². The molecule has 2 heterocycles. The Kier molecular flexibility index (Phi) is 7.90. The zero-order chi connectivity index (χ0) is 38.4. The molecular weight excluding hydrogens is 689 g/mol. The second-order valence-corrected chi connectivity index (χ2v) is 17.6. The number of nitrogens with zero attached hydrogens (tertiary/aromatic N) is 2. The fraction of sp³-hybridized carbons (Fsp3) is 0.236. The number of benzene rings is 7. The highest BCUT2D eigenvalue weighted by Crippen LogP contribution is 2.51. The Labute approximate surface area is 336 Å². The van der Waals surface area contributed by atoms with Gasteiger partial charge in [-0.1, -0.05) is 132 Å². The third-order valence-corrected chi connectivity index (χ3v) is 13.9. The number of rotatable bonds is 5. The van der Waals surface area contributed by atoms with Crippen molar-refractivity contribution in [1.82, 2.24) is 9.13 Å². The third kappa shape index (κ3) is 5.29. The Morgan fingerprint density at radius 3 is 2.00 bits per heavy atom. The highest BCUT2D eigenvalue weighted by atomic mass is 15.0. The first kappa shape index (κ1) is 34.4. The van der Waals surface area contributed by atoms with Gasteiger partial charge in [-0.05, 0) is 136 Å². The van der Waals surface area contributed by atoms with Gasteiger partial charge in [-0.3, -0.25) is 0 Å². The molecule has 2 aliphatic rings. The second kappa shape index (κ2) is 13.1. The molecule has 0 saturated carbocycles. The molecule has 2 unspecified atom stereocenters. The van der Waals surface area contributed by atoms with Crippen molar-refractivity contribution in [1.29, 1.82) is 0 Å². The van der Waals surface area contributed by atoms with Crippen LogP contribution in [0.15, 0.2) is 146 Å². The molecule has 280 valence electrons. The van der Waals surface area contributed by atoms with Crippen LogP contribution in [0.2, 0.25) is 0 Å². The molecule has 2 aliphatic carbocycles. The van der Waals surface area contributed by atoms with Crippen LogP contribution in [-0.4, -0.2) is 9.13 Å². The summed E-state index contributed by atoms with van der Waals surface area (Å²) in [5.41, 5.74) is 18.6. The van der Waals surface area contributed by atoms with Crippen LogP contribution in [0.3, 0.4) is 0 Å². The quantitative estimate of drug-likeness (QED) is 0.166. The number of hydrogen-bond donors (Lipinski definition) is 0. The predicted octanol–water partition coefficient (Wildman–Crippen LogP) is 15.1. The van der Waals surface area contributed by atoms with E-state index in [-0.39, 0.29) is 5.41 Å². The molecule has 7 aromatic carbocycles. The summed E-state index contributed by atoms with van der Waals surface area (Å²) in [7, 11) is 0. The number of fused-ring (bicyclic) bond motifs is 10. The summed E-state index contributed by atoms with van der Waals surface area (Å²) >= 11 is 0. The fourth-order valence-corrected chi connectivity index (χ4v) is 11.0. The molecule has 2 aromatic heterocycles. The largest absolute Gasteiger partial charge is 0.309 e. The number of hydrogen-bond acceptors (Lipinski definition) is 0. The first-order chi connectivity index (χ1) is 27.9. The van der Waals surface area contributed by atoms with E-state index < -0.39 is 0 Å². The highest BCUT2D eigenvalue weighted by Gasteiger charge is 2.36. The molecular formula is C55H50N2. The van der Waals surface area contributed by atoms with Gasteiger partial charge in [0.25, 0.3) is 0 Å². The number of para-hydroxylation sites is 2. The van der Waals surface area contributed by atoms with Gasteiger partial charge in [-0.15, -0.1) is 0 Å². The van der Waals surface area contributed by atoms with E-state index in [0.717, 1.165) is 5.92 Å². The van der Waals surface area contributed by atoms with E-state index in [9.17, 15) is 0 Å². The van der Waals surface area contributed by atoms with E-state index in [0.29, 0.717) is 5.92 Å². The van der Waals surface area contributed by atoms with Crippen molar-refractivity contribution in [2.75, 3.05) is 0 Å². The van der Waals surface area contributed by atoms with E-state index in [1.54, 1.807) is 11.1 Å². The van der Waals surface area contributed by atoms with E-state index in [2.05, 4.69) is 182 Å². The lowest BCUT2D eigenvalue weighted by Crippen LogP contribution is -2.14. The van der Waals surface area contributed by atoms with E-state index in [4.69, 9.17) is 0 Å².